The van der Waals surface area contributed by atoms with Gasteiger partial charge < -0.3 is 25.4 Å². The Kier molecular flexibility index (Phi) is 10.2. The number of nitrogens with one attached hydrogen (secondary N) is 1. The Balaban J connectivity index is 1.81. The van der Waals surface area contributed by atoms with Gasteiger partial charge in [-0.2, -0.15) is 8.42 Å². The van der Waals surface area contributed by atoms with Gasteiger partial charge in [0.2, 0.25) is 0 Å². The van der Waals surface area contributed by atoms with Crippen molar-refractivity contribution in [2.75, 3.05) is 13.2 Å². The van der Waals surface area contributed by atoms with Gasteiger partial charge in [0.15, 0.2) is 0 Å². The number of carbonyl (C=O) groups excluding carboxylic acids is 2. The van der Waals surface area contributed by atoms with Crippen LogP contribution < -0.4 is 10.5 Å². The van der Waals surface area contributed by atoms with Crippen molar-refractivity contribution in [3.8, 4) is 0 Å². The molecule has 0 aliphatic carbocycles. The molecule has 0 saturated carbocycles. The van der Waals surface area contributed by atoms with Crippen LogP contribution in [-0.2, 0) is 28.8 Å². The predicted molar refractivity (Wildman–Crippen MR) is 120 cm³/mol. The third-order valence-electron chi connectivity index (χ3n) is 5.35. The van der Waals surface area contributed by atoms with E-state index in [2.05, 4.69) is 15.9 Å². The number of hydrogen-bond acceptors (Lipinski definition) is 10. The molecule has 1 saturated heterocycles. The number of amides is 1. The molecule has 2 rings (SSSR count). The molecule has 0 aromatic heterocycles. The van der Waals surface area contributed by atoms with E-state index in [0.717, 1.165) is 4.47 Å². The van der Waals surface area contributed by atoms with Gasteiger partial charge in [-0.05, 0) is 30.2 Å². The standard InChI is InChI=1S/C20H29BrN2O9S/c1-3-11(2)16(22)19(26)23-33(28,29)31-10-15-18(25)17(24)14(32-15)8-9-30-20(27)12-4-6-13(21)7-5-12/h4-7,11,14-18,24-25H,3,8-10,22H2,1-2H3,(H,23,26). The molecule has 1 heterocycles. The average molecular weight is 553 g/mol. The van der Waals surface area contributed by atoms with Gasteiger partial charge in [0.05, 0.1) is 30.9 Å². The van der Waals surface area contributed by atoms with Crippen LogP contribution in [0.3, 0.4) is 0 Å². The molecule has 0 spiro atoms. The Bertz CT molecular complexity index is 913. The van der Waals surface area contributed by atoms with Gasteiger partial charge in [0.1, 0.15) is 18.3 Å². The van der Waals surface area contributed by atoms with Crippen LogP contribution in [0.1, 0.15) is 37.0 Å². The van der Waals surface area contributed by atoms with Crippen LogP contribution in [0.5, 0.6) is 0 Å². The maximum Gasteiger partial charge on any atom is 0.362 e. The SMILES string of the molecule is CCC(C)C(N)C(=O)NS(=O)(=O)OCC1OC(CCOC(=O)c2ccc(Br)cc2)C(O)C1O. The van der Waals surface area contributed by atoms with Gasteiger partial charge in [0.25, 0.3) is 5.91 Å². The summed E-state index contributed by atoms with van der Waals surface area (Å²) < 4.78 is 41.9. The molecule has 5 N–H and O–H groups in total. The normalized spacial score (nSPS) is 24.8. The Morgan fingerprint density at radius 2 is 1.82 bits per heavy atom. The lowest BCUT2D eigenvalue weighted by molar-refractivity contribution is -0.121. The molecular weight excluding hydrogens is 524 g/mol. The van der Waals surface area contributed by atoms with Crippen molar-refractivity contribution in [3.05, 3.63) is 34.3 Å². The molecule has 6 unspecified atom stereocenters. The molecule has 6 atom stereocenters. The van der Waals surface area contributed by atoms with Crippen molar-refractivity contribution in [2.24, 2.45) is 11.7 Å². The number of aliphatic hydroxyl groups is 2. The second-order valence-electron chi connectivity index (χ2n) is 7.74. The molecular formula is C20H29BrN2O9S. The van der Waals surface area contributed by atoms with Gasteiger partial charge in [-0.3, -0.25) is 8.98 Å². The zero-order valence-electron chi connectivity index (χ0n) is 18.2. The Morgan fingerprint density at radius 3 is 2.42 bits per heavy atom. The number of nitrogens with two attached hydrogens (primary N) is 1. The number of ether oxygens (including phenoxy) is 2. The minimum atomic E-state index is -4.50. The predicted octanol–water partition coefficient (Wildman–Crippen LogP) is 0.236. The quantitative estimate of drug-likeness (QED) is 0.278. The number of esters is 1. The molecule has 0 bridgehead atoms. The average Bonchev–Trinajstić information content (AvgIpc) is 3.04. The Morgan fingerprint density at radius 1 is 1.21 bits per heavy atom. The van der Waals surface area contributed by atoms with Crippen LogP contribution in [0.2, 0.25) is 0 Å². The van der Waals surface area contributed by atoms with Crippen LogP contribution in [0, 0.1) is 5.92 Å². The van der Waals surface area contributed by atoms with E-state index in [1.54, 1.807) is 35.9 Å². The summed E-state index contributed by atoms with van der Waals surface area (Å²) in [6.45, 7) is 2.77. The number of rotatable bonds is 11. The van der Waals surface area contributed by atoms with E-state index in [-0.39, 0.29) is 18.9 Å². The van der Waals surface area contributed by atoms with Gasteiger partial charge in [-0.15, -0.1) is 0 Å². The molecule has 1 aromatic rings. The van der Waals surface area contributed by atoms with Gasteiger partial charge in [-0.1, -0.05) is 36.2 Å². The van der Waals surface area contributed by atoms with Crippen molar-refractivity contribution in [1.29, 1.82) is 0 Å². The monoisotopic (exact) mass is 552 g/mol. The lowest BCUT2D eigenvalue weighted by Crippen LogP contribution is -2.47. The topological polar surface area (TPSA) is 174 Å². The van der Waals surface area contributed by atoms with E-state index in [0.29, 0.717) is 12.0 Å². The molecule has 1 aliphatic heterocycles. The first-order valence-corrected chi connectivity index (χ1v) is 12.6. The van der Waals surface area contributed by atoms with Crippen LogP contribution >= 0.6 is 15.9 Å². The largest absolute Gasteiger partial charge is 0.462 e. The fourth-order valence-electron chi connectivity index (χ4n) is 3.03. The summed E-state index contributed by atoms with van der Waals surface area (Å²) in [6, 6.07) is 5.51. The Labute approximate surface area is 201 Å². The summed E-state index contributed by atoms with van der Waals surface area (Å²) in [5.41, 5.74) is 6.04. The first kappa shape index (κ1) is 27.6. The van der Waals surface area contributed by atoms with Crippen molar-refractivity contribution < 1.29 is 41.9 Å². The fourth-order valence-corrected chi connectivity index (χ4v) is 4.05. The molecule has 33 heavy (non-hydrogen) atoms. The molecule has 1 aromatic carbocycles. The zero-order valence-corrected chi connectivity index (χ0v) is 20.6. The second-order valence-corrected chi connectivity index (χ2v) is 10.0. The van der Waals surface area contributed by atoms with E-state index in [1.165, 1.54) is 0 Å². The summed E-state index contributed by atoms with van der Waals surface area (Å²) in [4.78, 5) is 24.0. The molecule has 186 valence electrons. The van der Waals surface area contributed by atoms with Gasteiger partial charge in [0, 0.05) is 10.9 Å². The third kappa shape index (κ3) is 7.98. The van der Waals surface area contributed by atoms with Crippen LogP contribution in [0.25, 0.3) is 0 Å². The van der Waals surface area contributed by atoms with E-state index in [4.69, 9.17) is 19.4 Å². The molecule has 1 aliphatic rings. The number of hydrogen-bond donors (Lipinski definition) is 4. The lowest BCUT2D eigenvalue weighted by Gasteiger charge is -2.18. The fraction of sp³-hybridized carbons (Fsp3) is 0.600. The van der Waals surface area contributed by atoms with Crippen LogP contribution in [0.15, 0.2) is 28.7 Å². The van der Waals surface area contributed by atoms with Gasteiger partial charge >= 0.3 is 16.3 Å². The van der Waals surface area contributed by atoms with E-state index in [9.17, 15) is 28.2 Å². The smallest absolute Gasteiger partial charge is 0.362 e. The lowest BCUT2D eigenvalue weighted by atomic mass is 10.00. The number of halogens is 1. The number of benzene rings is 1. The molecule has 0 radical (unpaired) electrons. The number of aliphatic hydroxyl groups excluding tert-OH is 2. The summed E-state index contributed by atoms with van der Waals surface area (Å²) >= 11 is 3.27. The van der Waals surface area contributed by atoms with Crippen LogP contribution in [-0.4, -0.2) is 74.2 Å². The summed E-state index contributed by atoms with van der Waals surface area (Å²) in [5.74, 6) is -1.72. The highest BCUT2D eigenvalue weighted by atomic mass is 79.9. The van der Waals surface area contributed by atoms with E-state index >= 15 is 0 Å². The summed E-state index contributed by atoms with van der Waals surface area (Å²) in [6.07, 6.45) is -4.24. The minimum Gasteiger partial charge on any atom is -0.462 e. The van der Waals surface area contributed by atoms with Crippen molar-refractivity contribution in [3.63, 3.8) is 0 Å². The van der Waals surface area contributed by atoms with Crippen molar-refractivity contribution in [2.45, 2.75) is 57.1 Å². The van der Waals surface area contributed by atoms with Gasteiger partial charge in [-0.25, -0.2) is 9.52 Å². The summed E-state index contributed by atoms with van der Waals surface area (Å²) in [5, 5.41) is 20.3. The highest BCUT2D eigenvalue weighted by Gasteiger charge is 2.43. The maximum absolute atomic E-state index is 12.0. The van der Waals surface area contributed by atoms with Crippen LogP contribution in [0.4, 0.5) is 0 Å². The van der Waals surface area contributed by atoms with E-state index < -0.39 is 59.2 Å². The van der Waals surface area contributed by atoms with Crippen molar-refractivity contribution >= 4 is 38.1 Å². The highest BCUT2D eigenvalue weighted by Crippen LogP contribution is 2.24. The first-order valence-electron chi connectivity index (χ1n) is 10.4. The maximum atomic E-state index is 12.0. The minimum absolute atomic E-state index is 0.0598. The summed E-state index contributed by atoms with van der Waals surface area (Å²) in [7, 11) is -4.50. The zero-order chi connectivity index (χ0) is 24.8. The third-order valence-corrected chi connectivity index (χ3v) is 6.78. The Hall–Kier alpha value is -1.61. The molecule has 11 nitrogen and oxygen atoms in total. The number of carbonyl (C=O) groups is 2. The molecule has 13 heteroatoms. The first-order chi connectivity index (χ1) is 15.4. The van der Waals surface area contributed by atoms with Crippen molar-refractivity contribution in [1.82, 2.24) is 4.72 Å². The second kappa shape index (κ2) is 12.2. The van der Waals surface area contributed by atoms with E-state index in [1.807, 2.05) is 6.92 Å². The molecule has 1 fully saturated rings. The highest BCUT2D eigenvalue weighted by molar-refractivity contribution is 9.10. The molecule has 1 amide bonds.